The molecule has 5 heteroatoms. The van der Waals surface area contributed by atoms with E-state index in [1.807, 2.05) is 44.4 Å². The van der Waals surface area contributed by atoms with Crippen LogP contribution in [0.2, 0.25) is 0 Å². The molecule has 0 saturated carbocycles. The molecule has 3 aromatic rings. The zero-order chi connectivity index (χ0) is 18.5. The molecule has 0 saturated heterocycles. The van der Waals surface area contributed by atoms with Crippen molar-refractivity contribution in [2.45, 2.75) is 13.0 Å². The van der Waals surface area contributed by atoms with Gasteiger partial charge in [-0.1, -0.05) is 60.2 Å². The summed E-state index contributed by atoms with van der Waals surface area (Å²) in [5, 5.41) is 10.0. The number of aromatic nitrogens is 2. The SMILES string of the molecule is Cc1ccc(C(CNC(=O)c2cn[nH]c2-c2ccccc2)N(C)C)cc1. The number of nitrogens with one attached hydrogen (secondary N) is 2. The number of hydrogen-bond acceptors (Lipinski definition) is 3. The molecule has 134 valence electrons. The first kappa shape index (κ1) is 17.9. The molecule has 1 atom stereocenters. The highest BCUT2D eigenvalue weighted by Gasteiger charge is 2.19. The average Bonchev–Trinajstić information content (AvgIpc) is 3.13. The standard InChI is InChI=1S/C21H24N4O/c1-15-9-11-16(12-10-15)19(25(2)3)14-22-21(26)18-13-23-24-20(18)17-7-5-4-6-8-17/h4-13,19H,14H2,1-3H3,(H,22,26)(H,23,24). The van der Waals surface area contributed by atoms with Crippen LogP contribution in [0.1, 0.15) is 27.5 Å². The molecule has 2 N–H and O–H groups in total. The molecular weight excluding hydrogens is 324 g/mol. The number of hydrogen-bond donors (Lipinski definition) is 2. The lowest BCUT2D eigenvalue weighted by Crippen LogP contribution is -2.34. The summed E-state index contributed by atoms with van der Waals surface area (Å²) in [6.45, 7) is 2.59. The second-order valence-electron chi connectivity index (χ2n) is 6.62. The summed E-state index contributed by atoms with van der Waals surface area (Å²) in [6.07, 6.45) is 1.58. The Balaban J connectivity index is 1.74. The Morgan fingerprint density at radius 2 is 1.81 bits per heavy atom. The Hall–Kier alpha value is -2.92. The van der Waals surface area contributed by atoms with Crippen molar-refractivity contribution in [3.05, 3.63) is 77.5 Å². The maximum absolute atomic E-state index is 12.7. The molecule has 26 heavy (non-hydrogen) atoms. The van der Waals surface area contributed by atoms with E-state index in [-0.39, 0.29) is 11.9 Å². The van der Waals surface area contributed by atoms with Crippen molar-refractivity contribution >= 4 is 5.91 Å². The Morgan fingerprint density at radius 3 is 2.46 bits per heavy atom. The van der Waals surface area contributed by atoms with E-state index in [1.165, 1.54) is 11.1 Å². The van der Waals surface area contributed by atoms with Gasteiger partial charge in [0.1, 0.15) is 0 Å². The fourth-order valence-corrected chi connectivity index (χ4v) is 2.95. The van der Waals surface area contributed by atoms with Crippen molar-refractivity contribution in [2.75, 3.05) is 20.6 Å². The van der Waals surface area contributed by atoms with E-state index >= 15 is 0 Å². The van der Waals surface area contributed by atoms with Crippen LogP contribution < -0.4 is 5.32 Å². The predicted molar refractivity (Wildman–Crippen MR) is 104 cm³/mol. The van der Waals surface area contributed by atoms with Crippen LogP contribution >= 0.6 is 0 Å². The van der Waals surface area contributed by atoms with E-state index in [0.717, 1.165) is 11.3 Å². The number of nitrogens with zero attached hydrogens (tertiary/aromatic N) is 2. The van der Waals surface area contributed by atoms with Gasteiger partial charge in [-0.2, -0.15) is 5.10 Å². The van der Waals surface area contributed by atoms with Gasteiger partial charge < -0.3 is 10.2 Å². The van der Waals surface area contributed by atoms with Gasteiger partial charge in [-0.25, -0.2) is 0 Å². The molecule has 1 amide bonds. The summed E-state index contributed by atoms with van der Waals surface area (Å²) in [4.78, 5) is 14.8. The fourth-order valence-electron chi connectivity index (χ4n) is 2.95. The van der Waals surface area contributed by atoms with Crippen LogP contribution in [0.25, 0.3) is 11.3 Å². The summed E-state index contributed by atoms with van der Waals surface area (Å²) in [7, 11) is 4.04. The molecule has 0 bridgehead atoms. The number of carbonyl (C=O) groups is 1. The van der Waals surface area contributed by atoms with E-state index in [2.05, 4.69) is 51.6 Å². The van der Waals surface area contributed by atoms with Gasteiger partial charge in [0.05, 0.1) is 23.5 Å². The minimum atomic E-state index is -0.128. The molecule has 3 rings (SSSR count). The second-order valence-corrected chi connectivity index (χ2v) is 6.62. The lowest BCUT2D eigenvalue weighted by Gasteiger charge is -2.25. The molecule has 0 aliphatic heterocycles. The van der Waals surface area contributed by atoms with Gasteiger partial charge in [0.15, 0.2) is 0 Å². The summed E-state index contributed by atoms with van der Waals surface area (Å²) < 4.78 is 0. The molecule has 2 aromatic carbocycles. The normalized spacial score (nSPS) is 12.2. The first-order chi connectivity index (χ1) is 12.6. The summed E-state index contributed by atoms with van der Waals surface area (Å²) in [5.41, 5.74) is 4.63. The third-order valence-corrected chi connectivity index (χ3v) is 4.49. The van der Waals surface area contributed by atoms with E-state index in [0.29, 0.717) is 12.1 Å². The number of likely N-dealkylation sites (N-methyl/N-ethyl adjacent to an activating group) is 1. The van der Waals surface area contributed by atoms with Gasteiger partial charge in [0, 0.05) is 12.1 Å². The van der Waals surface area contributed by atoms with Crippen LogP contribution in [0.5, 0.6) is 0 Å². The number of carbonyl (C=O) groups excluding carboxylic acids is 1. The van der Waals surface area contributed by atoms with Gasteiger partial charge in [0.2, 0.25) is 0 Å². The minimum Gasteiger partial charge on any atom is -0.350 e. The molecule has 0 aliphatic carbocycles. The van der Waals surface area contributed by atoms with Crippen LogP contribution in [0, 0.1) is 6.92 Å². The lowest BCUT2D eigenvalue weighted by molar-refractivity contribution is 0.0942. The van der Waals surface area contributed by atoms with Gasteiger partial charge >= 0.3 is 0 Å². The molecule has 5 nitrogen and oxygen atoms in total. The Kier molecular flexibility index (Phi) is 5.49. The van der Waals surface area contributed by atoms with Crippen molar-refractivity contribution in [3.63, 3.8) is 0 Å². The fraction of sp³-hybridized carbons (Fsp3) is 0.238. The first-order valence-electron chi connectivity index (χ1n) is 8.66. The van der Waals surface area contributed by atoms with Gasteiger partial charge in [-0.15, -0.1) is 0 Å². The van der Waals surface area contributed by atoms with Crippen LogP contribution in [0.15, 0.2) is 60.8 Å². The van der Waals surface area contributed by atoms with Crippen molar-refractivity contribution in [1.29, 1.82) is 0 Å². The maximum Gasteiger partial charge on any atom is 0.255 e. The van der Waals surface area contributed by atoms with E-state index in [9.17, 15) is 4.79 Å². The average molecular weight is 348 g/mol. The lowest BCUT2D eigenvalue weighted by atomic mass is 10.0. The zero-order valence-electron chi connectivity index (χ0n) is 15.4. The zero-order valence-corrected chi connectivity index (χ0v) is 15.4. The monoisotopic (exact) mass is 348 g/mol. The summed E-state index contributed by atoms with van der Waals surface area (Å²) >= 11 is 0. The Bertz CT molecular complexity index is 853. The number of benzene rings is 2. The van der Waals surface area contributed by atoms with Gasteiger partial charge in [0.25, 0.3) is 5.91 Å². The van der Waals surface area contributed by atoms with Crippen molar-refractivity contribution in [2.24, 2.45) is 0 Å². The van der Waals surface area contributed by atoms with Crippen molar-refractivity contribution in [3.8, 4) is 11.3 Å². The van der Waals surface area contributed by atoms with Crippen molar-refractivity contribution in [1.82, 2.24) is 20.4 Å². The van der Waals surface area contributed by atoms with Gasteiger partial charge in [-0.3, -0.25) is 9.89 Å². The molecule has 1 heterocycles. The maximum atomic E-state index is 12.7. The van der Waals surface area contributed by atoms with E-state index in [4.69, 9.17) is 0 Å². The summed E-state index contributed by atoms with van der Waals surface area (Å²) in [5.74, 6) is -0.128. The third-order valence-electron chi connectivity index (χ3n) is 4.49. The van der Waals surface area contributed by atoms with Crippen LogP contribution in [0.4, 0.5) is 0 Å². The van der Waals surface area contributed by atoms with Crippen molar-refractivity contribution < 1.29 is 4.79 Å². The predicted octanol–water partition coefficient (Wildman–Crippen LogP) is 3.42. The number of H-pyrrole nitrogens is 1. The molecule has 0 aliphatic rings. The highest BCUT2D eigenvalue weighted by Crippen LogP contribution is 2.21. The molecule has 0 spiro atoms. The largest absolute Gasteiger partial charge is 0.350 e. The molecule has 0 radical (unpaired) electrons. The highest BCUT2D eigenvalue weighted by molar-refractivity contribution is 5.99. The number of rotatable bonds is 6. The summed E-state index contributed by atoms with van der Waals surface area (Å²) in [6, 6.07) is 18.3. The molecule has 1 aromatic heterocycles. The van der Waals surface area contributed by atoms with E-state index < -0.39 is 0 Å². The number of aromatic amines is 1. The minimum absolute atomic E-state index is 0.103. The topological polar surface area (TPSA) is 61.0 Å². The Morgan fingerprint density at radius 1 is 1.12 bits per heavy atom. The van der Waals surface area contributed by atoms with Crippen LogP contribution in [-0.2, 0) is 0 Å². The number of aryl methyl sites for hydroxylation is 1. The first-order valence-corrected chi connectivity index (χ1v) is 8.66. The highest BCUT2D eigenvalue weighted by atomic mass is 16.1. The molecule has 0 fully saturated rings. The third kappa shape index (κ3) is 4.00. The number of amides is 1. The van der Waals surface area contributed by atoms with Crippen LogP contribution in [0.3, 0.4) is 0 Å². The second kappa shape index (κ2) is 7.97. The molecular formula is C21H24N4O. The smallest absolute Gasteiger partial charge is 0.255 e. The van der Waals surface area contributed by atoms with Crippen LogP contribution in [-0.4, -0.2) is 41.6 Å². The Labute approximate surface area is 154 Å². The molecule has 1 unspecified atom stereocenters. The quantitative estimate of drug-likeness (QED) is 0.717. The van der Waals surface area contributed by atoms with E-state index in [1.54, 1.807) is 6.20 Å². The van der Waals surface area contributed by atoms with Gasteiger partial charge in [-0.05, 0) is 26.6 Å².